The van der Waals surface area contributed by atoms with Crippen LogP contribution in [-0.4, -0.2) is 46.6 Å². The van der Waals surface area contributed by atoms with Crippen molar-refractivity contribution in [2.24, 2.45) is 0 Å². The van der Waals surface area contributed by atoms with Gasteiger partial charge in [-0.05, 0) is 0 Å². The van der Waals surface area contributed by atoms with Crippen LogP contribution in [0.5, 0.6) is 0 Å². The van der Waals surface area contributed by atoms with E-state index in [0.717, 1.165) is 0 Å². The third-order valence-corrected chi connectivity index (χ3v) is 2.19. The number of nitrogens with zero attached hydrogens (tertiary/aromatic N) is 2. The summed E-state index contributed by atoms with van der Waals surface area (Å²) in [6.45, 7) is 0. The van der Waals surface area contributed by atoms with Crippen molar-refractivity contribution in [1.29, 1.82) is 0 Å². The Balaban J connectivity index is -0.000000143. The van der Waals surface area contributed by atoms with Gasteiger partial charge in [-0.25, -0.2) is 0 Å². The van der Waals surface area contributed by atoms with Crippen LogP contribution in [-0.2, 0) is 46.3 Å². The minimum atomic E-state index is 0. The second-order valence-corrected chi connectivity index (χ2v) is 4.38. The molecule has 0 aromatic carbocycles. The van der Waals surface area contributed by atoms with Gasteiger partial charge in [0, 0.05) is 28.2 Å². The van der Waals surface area contributed by atoms with Crippen LogP contribution < -0.4 is 0 Å². The summed E-state index contributed by atoms with van der Waals surface area (Å²) in [6.07, 6.45) is 0. The molecule has 0 aliphatic rings. The molecule has 0 rings (SSSR count). The molecule has 2 nitrogen and oxygen atoms in total. The van der Waals surface area contributed by atoms with E-state index in [9.17, 15) is 0 Å². The molecule has 0 aromatic heterocycles. The Morgan fingerprint density at radius 3 is 0.923 bits per heavy atom. The standard InChI is InChI=1S/2C3H7NS2.W/c2*1-4(2)3(5)6;/h2*1-2H3,(H,5,6);/q;;+2/p-2. The fourth-order valence-corrected chi connectivity index (χ4v) is 0. The van der Waals surface area contributed by atoms with Crippen molar-refractivity contribution in [3.05, 3.63) is 0 Å². The van der Waals surface area contributed by atoms with Gasteiger partial charge in [-0.2, -0.15) is 0 Å². The molecule has 0 aliphatic carbocycles. The Kier molecular flexibility index (Phi) is 16.5. The fourth-order valence-electron chi connectivity index (χ4n) is 0. The molecule has 0 radical (unpaired) electrons. The van der Waals surface area contributed by atoms with Gasteiger partial charge in [0.2, 0.25) is 0 Å². The fraction of sp³-hybridized carbons (Fsp3) is 0.667. The van der Waals surface area contributed by atoms with Gasteiger partial charge in [-0.3, -0.25) is 0 Å². The van der Waals surface area contributed by atoms with E-state index in [-0.39, 0.29) is 21.1 Å². The van der Waals surface area contributed by atoms with Gasteiger partial charge in [0.15, 0.2) is 0 Å². The van der Waals surface area contributed by atoms with Crippen LogP contribution in [0.15, 0.2) is 0 Å². The molecule has 0 unspecified atom stereocenters. The van der Waals surface area contributed by atoms with E-state index in [4.69, 9.17) is 0 Å². The van der Waals surface area contributed by atoms with Crippen LogP contribution in [0.1, 0.15) is 0 Å². The van der Waals surface area contributed by atoms with E-state index >= 15 is 0 Å². The van der Waals surface area contributed by atoms with E-state index in [1.54, 1.807) is 9.80 Å². The van der Waals surface area contributed by atoms with Crippen LogP contribution in [0, 0.1) is 0 Å². The van der Waals surface area contributed by atoms with E-state index in [1.165, 1.54) is 0 Å². The zero-order chi connectivity index (χ0) is 10.3. The van der Waals surface area contributed by atoms with Crippen molar-refractivity contribution >= 4 is 58.3 Å². The van der Waals surface area contributed by atoms with Gasteiger partial charge >= 0.3 is 21.1 Å². The summed E-state index contributed by atoms with van der Waals surface area (Å²) in [6, 6.07) is 0. The summed E-state index contributed by atoms with van der Waals surface area (Å²) in [5.74, 6) is 0. The maximum atomic E-state index is 4.56. The molecule has 0 amide bonds. The maximum Gasteiger partial charge on any atom is 2.00 e. The van der Waals surface area contributed by atoms with Gasteiger partial charge in [0.25, 0.3) is 0 Å². The monoisotopic (exact) mass is 424 g/mol. The first kappa shape index (κ1) is 19.5. The van der Waals surface area contributed by atoms with Gasteiger partial charge in [-0.1, -0.05) is 8.64 Å². The predicted molar refractivity (Wildman–Crippen MR) is 67.3 cm³/mol. The average molecular weight is 424 g/mol. The van der Waals surface area contributed by atoms with Crippen molar-refractivity contribution in [2.45, 2.75) is 0 Å². The second kappa shape index (κ2) is 11.0. The number of rotatable bonds is 0. The predicted octanol–water partition coefficient (Wildman–Crippen LogP) is 0.757. The molecule has 0 atom stereocenters. The van der Waals surface area contributed by atoms with Crippen LogP contribution in [0.25, 0.3) is 0 Å². The molecule has 76 valence electrons. The topological polar surface area (TPSA) is 6.48 Å². The Morgan fingerprint density at radius 2 is 0.923 bits per heavy atom. The Bertz CT molecular complexity index is 143. The van der Waals surface area contributed by atoms with Gasteiger partial charge in [-0.15, -0.1) is 0 Å². The SMILES string of the molecule is CN(C)C(=S)[S-].CN(C)C(=S)[S-].[W+2]. The van der Waals surface area contributed by atoms with E-state index in [0.29, 0.717) is 8.64 Å². The summed E-state index contributed by atoms with van der Waals surface area (Å²) in [7, 11) is 7.31. The Hall–Kier alpha value is 0.908. The molecule has 13 heavy (non-hydrogen) atoms. The van der Waals surface area contributed by atoms with Crippen molar-refractivity contribution in [3.63, 3.8) is 0 Å². The first-order valence-corrected chi connectivity index (χ1v) is 4.69. The molecule has 0 aliphatic heterocycles. The average Bonchev–Trinajstić information content (AvgIpc) is 1.88. The molecule has 0 heterocycles. The number of hydrogen-bond donors (Lipinski definition) is 0. The molecular formula is C6H12N2S4W. The van der Waals surface area contributed by atoms with Gasteiger partial charge < -0.3 is 59.5 Å². The Labute approximate surface area is 117 Å². The molecule has 0 saturated heterocycles. The van der Waals surface area contributed by atoms with Gasteiger partial charge in [0.05, 0.1) is 0 Å². The quantitative estimate of drug-likeness (QED) is 0.416. The number of hydrogen-bond acceptors (Lipinski definition) is 4. The normalized spacial score (nSPS) is 7.08. The van der Waals surface area contributed by atoms with Crippen molar-refractivity contribution in [3.8, 4) is 0 Å². The maximum absolute atomic E-state index is 4.56. The molecule has 0 bridgehead atoms. The smallest absolute Gasteiger partial charge is 0.411 e. The van der Waals surface area contributed by atoms with Crippen molar-refractivity contribution in [2.75, 3.05) is 28.2 Å². The zero-order valence-corrected chi connectivity index (χ0v) is 14.1. The molecule has 0 fully saturated rings. The summed E-state index contributed by atoms with van der Waals surface area (Å²) < 4.78 is 1.02. The first-order chi connectivity index (χ1) is 5.29. The molecule has 7 heteroatoms. The summed E-state index contributed by atoms with van der Waals surface area (Å²) in [5, 5.41) is 0. The van der Waals surface area contributed by atoms with Crippen LogP contribution in [0.2, 0.25) is 0 Å². The molecule has 0 saturated carbocycles. The van der Waals surface area contributed by atoms with Crippen molar-refractivity contribution < 1.29 is 21.1 Å². The second-order valence-electron chi connectivity index (χ2n) is 2.32. The van der Waals surface area contributed by atoms with Crippen LogP contribution in [0.3, 0.4) is 0 Å². The van der Waals surface area contributed by atoms with E-state index < -0.39 is 0 Å². The van der Waals surface area contributed by atoms with E-state index in [2.05, 4.69) is 49.7 Å². The third kappa shape index (κ3) is 19.4. The van der Waals surface area contributed by atoms with Gasteiger partial charge in [0.1, 0.15) is 0 Å². The molecule has 0 N–H and O–H groups in total. The molecule has 0 aromatic rings. The third-order valence-electron chi connectivity index (χ3n) is 0.730. The zero-order valence-electron chi connectivity index (χ0n) is 7.94. The van der Waals surface area contributed by atoms with Crippen LogP contribution in [0.4, 0.5) is 0 Å². The number of thiocarbonyl (C=S) groups is 2. The summed E-state index contributed by atoms with van der Waals surface area (Å²) >= 11 is 18.2. The first-order valence-electron chi connectivity index (χ1n) is 3.05. The summed E-state index contributed by atoms with van der Waals surface area (Å²) in [5.41, 5.74) is 0. The van der Waals surface area contributed by atoms with E-state index in [1.807, 2.05) is 28.2 Å². The summed E-state index contributed by atoms with van der Waals surface area (Å²) in [4.78, 5) is 3.43. The minimum Gasteiger partial charge on any atom is -0.411 e. The Morgan fingerprint density at radius 1 is 0.846 bits per heavy atom. The van der Waals surface area contributed by atoms with Crippen LogP contribution >= 0.6 is 24.4 Å². The molecular weight excluding hydrogens is 412 g/mol. The molecule has 0 spiro atoms. The largest absolute Gasteiger partial charge is 2.00 e. The van der Waals surface area contributed by atoms with Crippen molar-refractivity contribution in [1.82, 2.24) is 9.80 Å². The minimum absolute atomic E-state index is 0.